The molecule has 0 atom stereocenters. The highest BCUT2D eigenvalue weighted by Gasteiger charge is 2.24. The van der Waals surface area contributed by atoms with E-state index in [1.165, 1.54) is 38.9 Å². The highest BCUT2D eigenvalue weighted by Crippen LogP contribution is 2.29. The fourth-order valence-electron chi connectivity index (χ4n) is 1.69. The number of rotatable bonds is 2. The lowest BCUT2D eigenvalue weighted by molar-refractivity contribution is 0.280. The van der Waals surface area contributed by atoms with Gasteiger partial charge in [0.1, 0.15) is 0 Å². The molecule has 0 aromatic rings. The zero-order valence-electron chi connectivity index (χ0n) is 7.13. The van der Waals surface area contributed by atoms with Crippen LogP contribution in [0, 0.1) is 5.92 Å². The summed E-state index contributed by atoms with van der Waals surface area (Å²) in [5.74, 6) is 1.05. The molecule has 2 fully saturated rings. The molecule has 2 nitrogen and oxygen atoms in total. The van der Waals surface area contributed by atoms with E-state index in [0.717, 1.165) is 19.0 Å². The van der Waals surface area contributed by atoms with Crippen LogP contribution in [0.5, 0.6) is 0 Å². The van der Waals surface area contributed by atoms with E-state index in [9.17, 15) is 0 Å². The predicted molar refractivity (Wildman–Crippen MR) is 45.6 cm³/mol. The first kappa shape index (κ1) is 7.56. The molecule has 0 aromatic heterocycles. The van der Waals surface area contributed by atoms with Gasteiger partial charge in [-0.25, -0.2) is 5.32 Å². The van der Waals surface area contributed by atoms with Crippen molar-refractivity contribution >= 4 is 0 Å². The molecule has 2 aliphatic rings. The van der Waals surface area contributed by atoms with Crippen molar-refractivity contribution in [2.24, 2.45) is 5.92 Å². The average Bonchev–Trinajstić information content (AvgIpc) is 2.77. The third-order valence-corrected chi connectivity index (χ3v) is 2.58. The minimum Gasteiger partial charge on any atom is -0.302 e. The Balaban J connectivity index is 1.71. The Kier molecular flexibility index (Phi) is 2.44. The molecule has 1 aliphatic carbocycles. The number of hydrogen-bond donors (Lipinski definition) is 0. The second-order valence-corrected chi connectivity index (χ2v) is 3.77. The van der Waals surface area contributed by atoms with Gasteiger partial charge in [-0.3, -0.25) is 0 Å². The SMILES string of the molecule is C1C[N]CCN(CC2CC2)C1. The van der Waals surface area contributed by atoms with Crippen molar-refractivity contribution in [3.8, 4) is 0 Å². The largest absolute Gasteiger partial charge is 0.302 e. The molecule has 1 saturated heterocycles. The van der Waals surface area contributed by atoms with Gasteiger partial charge in [-0.2, -0.15) is 0 Å². The van der Waals surface area contributed by atoms with Crippen LogP contribution in [0.1, 0.15) is 19.3 Å². The predicted octanol–water partition coefficient (Wildman–Crippen LogP) is 0.706. The summed E-state index contributed by atoms with van der Waals surface area (Å²) >= 11 is 0. The van der Waals surface area contributed by atoms with E-state index in [1.54, 1.807) is 0 Å². The monoisotopic (exact) mass is 153 g/mol. The van der Waals surface area contributed by atoms with Crippen molar-refractivity contribution in [2.45, 2.75) is 19.3 Å². The Morgan fingerprint density at radius 1 is 1.18 bits per heavy atom. The van der Waals surface area contributed by atoms with E-state index in [2.05, 4.69) is 10.2 Å². The quantitative estimate of drug-likeness (QED) is 0.571. The normalized spacial score (nSPS) is 28.4. The van der Waals surface area contributed by atoms with Crippen molar-refractivity contribution < 1.29 is 0 Å². The molecule has 63 valence electrons. The van der Waals surface area contributed by atoms with Crippen LogP contribution in [0.4, 0.5) is 0 Å². The second kappa shape index (κ2) is 3.55. The molecule has 0 unspecified atom stereocenters. The van der Waals surface area contributed by atoms with Gasteiger partial charge in [0.25, 0.3) is 0 Å². The maximum atomic E-state index is 4.41. The third-order valence-electron chi connectivity index (χ3n) is 2.58. The molecular formula is C9H17N2. The molecule has 1 heterocycles. The van der Waals surface area contributed by atoms with Gasteiger partial charge in [0.05, 0.1) is 0 Å². The molecule has 2 heteroatoms. The summed E-state index contributed by atoms with van der Waals surface area (Å²) in [4.78, 5) is 2.59. The molecular weight excluding hydrogens is 136 g/mol. The second-order valence-electron chi connectivity index (χ2n) is 3.77. The van der Waals surface area contributed by atoms with E-state index in [0.29, 0.717) is 0 Å². The molecule has 0 spiro atoms. The summed E-state index contributed by atoms with van der Waals surface area (Å²) in [5, 5.41) is 4.41. The Morgan fingerprint density at radius 2 is 2.09 bits per heavy atom. The van der Waals surface area contributed by atoms with Crippen molar-refractivity contribution in [3.05, 3.63) is 0 Å². The van der Waals surface area contributed by atoms with Crippen molar-refractivity contribution in [1.29, 1.82) is 0 Å². The first-order valence-corrected chi connectivity index (χ1v) is 4.81. The van der Waals surface area contributed by atoms with Gasteiger partial charge in [0.2, 0.25) is 0 Å². The fraction of sp³-hybridized carbons (Fsp3) is 1.00. The first-order chi connectivity index (χ1) is 5.45. The highest BCUT2D eigenvalue weighted by molar-refractivity contribution is 4.78. The van der Waals surface area contributed by atoms with E-state index >= 15 is 0 Å². The van der Waals surface area contributed by atoms with Gasteiger partial charge in [-0.1, -0.05) is 0 Å². The smallest absolute Gasteiger partial charge is 0.0261 e. The van der Waals surface area contributed by atoms with Crippen LogP contribution < -0.4 is 5.32 Å². The molecule has 0 aromatic carbocycles. The molecule has 1 radical (unpaired) electrons. The van der Waals surface area contributed by atoms with Crippen LogP contribution in [0.3, 0.4) is 0 Å². The zero-order valence-corrected chi connectivity index (χ0v) is 7.13. The fourth-order valence-corrected chi connectivity index (χ4v) is 1.69. The lowest BCUT2D eigenvalue weighted by Crippen LogP contribution is -2.28. The molecule has 2 rings (SSSR count). The summed E-state index contributed by atoms with van der Waals surface area (Å²) in [6, 6.07) is 0. The van der Waals surface area contributed by atoms with Crippen molar-refractivity contribution in [1.82, 2.24) is 10.2 Å². The Bertz CT molecular complexity index is 113. The van der Waals surface area contributed by atoms with Gasteiger partial charge >= 0.3 is 0 Å². The summed E-state index contributed by atoms with van der Waals surface area (Å²) < 4.78 is 0. The van der Waals surface area contributed by atoms with Gasteiger partial charge in [0.15, 0.2) is 0 Å². The van der Waals surface area contributed by atoms with Crippen LogP contribution in [0.15, 0.2) is 0 Å². The standard InChI is InChI=1S/C9H17N2/c1-4-10-5-7-11(6-1)8-9-2-3-9/h9H,1-8H2. The number of nitrogens with zero attached hydrogens (tertiary/aromatic N) is 2. The van der Waals surface area contributed by atoms with E-state index in [1.807, 2.05) is 0 Å². The van der Waals surface area contributed by atoms with Gasteiger partial charge < -0.3 is 4.90 Å². The summed E-state index contributed by atoms with van der Waals surface area (Å²) in [5.41, 5.74) is 0. The first-order valence-electron chi connectivity index (χ1n) is 4.81. The Morgan fingerprint density at radius 3 is 2.91 bits per heavy atom. The molecule has 11 heavy (non-hydrogen) atoms. The maximum absolute atomic E-state index is 4.41. The van der Waals surface area contributed by atoms with Crippen molar-refractivity contribution in [2.75, 3.05) is 32.7 Å². The summed E-state index contributed by atoms with van der Waals surface area (Å²) in [6.45, 7) is 6.04. The van der Waals surface area contributed by atoms with Crippen LogP contribution in [0.2, 0.25) is 0 Å². The lowest BCUT2D eigenvalue weighted by Gasteiger charge is -2.18. The van der Waals surface area contributed by atoms with E-state index in [4.69, 9.17) is 0 Å². The minimum atomic E-state index is 1.05. The third kappa shape index (κ3) is 2.46. The van der Waals surface area contributed by atoms with E-state index in [-0.39, 0.29) is 0 Å². The van der Waals surface area contributed by atoms with Crippen molar-refractivity contribution in [3.63, 3.8) is 0 Å². The highest BCUT2D eigenvalue weighted by atomic mass is 15.2. The molecule has 1 saturated carbocycles. The van der Waals surface area contributed by atoms with Gasteiger partial charge in [-0.05, 0) is 31.7 Å². The lowest BCUT2D eigenvalue weighted by atomic mass is 10.3. The Labute approximate surface area is 69.0 Å². The van der Waals surface area contributed by atoms with Crippen LogP contribution >= 0.6 is 0 Å². The Hall–Kier alpha value is -0.0800. The topological polar surface area (TPSA) is 17.3 Å². The van der Waals surface area contributed by atoms with Crippen LogP contribution in [-0.2, 0) is 0 Å². The van der Waals surface area contributed by atoms with Crippen LogP contribution in [-0.4, -0.2) is 37.6 Å². The van der Waals surface area contributed by atoms with Crippen LogP contribution in [0.25, 0.3) is 0 Å². The minimum absolute atomic E-state index is 1.05. The molecule has 1 aliphatic heterocycles. The summed E-state index contributed by atoms with van der Waals surface area (Å²) in [6.07, 6.45) is 4.24. The summed E-state index contributed by atoms with van der Waals surface area (Å²) in [7, 11) is 0. The zero-order chi connectivity index (χ0) is 7.52. The van der Waals surface area contributed by atoms with Gasteiger partial charge in [-0.15, -0.1) is 0 Å². The molecule has 0 N–H and O–H groups in total. The molecule has 0 bridgehead atoms. The molecule has 0 amide bonds. The van der Waals surface area contributed by atoms with Gasteiger partial charge in [0, 0.05) is 26.2 Å². The average molecular weight is 153 g/mol. The number of hydrogen-bond acceptors (Lipinski definition) is 1. The van der Waals surface area contributed by atoms with E-state index < -0.39 is 0 Å². The maximum Gasteiger partial charge on any atom is 0.0261 e.